The summed E-state index contributed by atoms with van der Waals surface area (Å²) in [5, 5.41) is 10.5. The Balaban J connectivity index is 5.17. The number of carbonyl (C=O) groups is 4. The molecule has 0 spiro atoms. The standard InChI is InChI=1S/C69H134O17P2/c1-7-9-11-13-15-34-41-47-53-68(73)85-64(57-79-66(71)51-45-39-31-14-12-10-8-2)59-83-87(75,76)81-55-63(70)56-82-88(77,78)84-60-65(58-80-67(72)52-46-40-35-29-25-22-21-24-28-33-38-44-50-62(5)6)86-69(74)54-48-42-36-30-26-20-18-16-17-19-23-27-32-37-43-49-61(3)4/h61-65,70H,7-60H2,1-6H3,(H,75,76)(H,77,78)/t63-,64+,65+/m0/s1. The largest absolute Gasteiger partial charge is 0.472 e. The SMILES string of the molecule is CCCCCCCCCCC(=O)O[C@H](COC(=O)CCCCCCCCC)COP(=O)(O)OC[C@H](O)COP(=O)(O)OC[C@@H](COC(=O)CCCCCCCCCCCCCCC(C)C)OC(=O)CCCCCCCCCCCCCCCCCC(C)C. The third-order valence-electron chi connectivity index (χ3n) is 16.0. The Kier molecular flexibility index (Phi) is 59.9. The van der Waals surface area contributed by atoms with E-state index in [2.05, 4.69) is 41.5 Å². The number of ether oxygens (including phenoxy) is 4. The maximum absolute atomic E-state index is 13.0. The average Bonchev–Trinajstić information content (AvgIpc) is 3.61. The summed E-state index contributed by atoms with van der Waals surface area (Å²) in [5.41, 5.74) is 0. The van der Waals surface area contributed by atoms with Gasteiger partial charge in [-0.05, 0) is 37.5 Å². The van der Waals surface area contributed by atoms with Crippen LogP contribution in [0.4, 0.5) is 0 Å². The molecule has 0 saturated carbocycles. The molecule has 0 aliphatic heterocycles. The molecule has 2 unspecified atom stereocenters. The van der Waals surface area contributed by atoms with Crippen molar-refractivity contribution in [2.45, 2.75) is 368 Å². The molecule has 17 nitrogen and oxygen atoms in total. The molecule has 3 N–H and O–H groups in total. The molecule has 0 aliphatic carbocycles. The molecule has 0 aromatic heterocycles. The Morgan fingerprint density at radius 1 is 0.307 bits per heavy atom. The molecule has 5 atom stereocenters. The van der Waals surface area contributed by atoms with Crippen molar-refractivity contribution >= 4 is 39.5 Å². The molecular weight excluding hydrogens is 1160 g/mol. The van der Waals surface area contributed by atoms with Crippen LogP contribution in [0.3, 0.4) is 0 Å². The van der Waals surface area contributed by atoms with Crippen LogP contribution >= 0.6 is 15.6 Å². The van der Waals surface area contributed by atoms with E-state index in [0.29, 0.717) is 25.7 Å². The molecule has 0 rings (SSSR count). The summed E-state index contributed by atoms with van der Waals surface area (Å²) < 4.78 is 68.0. The number of esters is 4. The van der Waals surface area contributed by atoms with Crippen molar-refractivity contribution in [2.75, 3.05) is 39.6 Å². The van der Waals surface area contributed by atoms with Crippen LogP contribution in [0, 0.1) is 11.8 Å². The van der Waals surface area contributed by atoms with Crippen molar-refractivity contribution in [3.8, 4) is 0 Å². The van der Waals surface area contributed by atoms with Crippen molar-refractivity contribution in [1.29, 1.82) is 0 Å². The Hall–Kier alpha value is -1.94. The van der Waals surface area contributed by atoms with E-state index < -0.39 is 97.5 Å². The molecule has 522 valence electrons. The van der Waals surface area contributed by atoms with E-state index in [1.54, 1.807) is 0 Å². The zero-order chi connectivity index (χ0) is 65.0. The molecule has 0 aromatic carbocycles. The molecule has 0 fully saturated rings. The minimum atomic E-state index is -4.95. The number of aliphatic hydroxyl groups is 1. The molecular formula is C69H134O17P2. The number of rotatable bonds is 68. The summed E-state index contributed by atoms with van der Waals surface area (Å²) in [6.07, 6.45) is 46.0. The van der Waals surface area contributed by atoms with Crippen molar-refractivity contribution in [3.63, 3.8) is 0 Å². The highest BCUT2D eigenvalue weighted by atomic mass is 31.2. The smallest absolute Gasteiger partial charge is 0.462 e. The minimum Gasteiger partial charge on any atom is -0.462 e. The molecule has 19 heteroatoms. The van der Waals surface area contributed by atoms with Crippen LogP contribution in [-0.4, -0.2) is 96.7 Å². The van der Waals surface area contributed by atoms with Crippen LogP contribution in [-0.2, 0) is 65.4 Å². The van der Waals surface area contributed by atoms with Gasteiger partial charge in [-0.15, -0.1) is 0 Å². The average molecular weight is 1300 g/mol. The van der Waals surface area contributed by atoms with Gasteiger partial charge in [-0.2, -0.15) is 0 Å². The highest BCUT2D eigenvalue weighted by Crippen LogP contribution is 2.45. The lowest BCUT2D eigenvalue weighted by atomic mass is 10.0. The third-order valence-corrected chi connectivity index (χ3v) is 17.9. The fourth-order valence-electron chi connectivity index (χ4n) is 10.4. The maximum Gasteiger partial charge on any atom is 0.472 e. The summed E-state index contributed by atoms with van der Waals surface area (Å²) in [6.45, 7) is 9.51. The second-order valence-electron chi connectivity index (χ2n) is 25.9. The predicted octanol–water partition coefficient (Wildman–Crippen LogP) is 19.6. The topological polar surface area (TPSA) is 237 Å². The monoisotopic (exact) mass is 1300 g/mol. The van der Waals surface area contributed by atoms with Crippen molar-refractivity contribution in [3.05, 3.63) is 0 Å². The van der Waals surface area contributed by atoms with E-state index in [1.807, 2.05) is 0 Å². The van der Waals surface area contributed by atoms with E-state index in [-0.39, 0.29) is 25.7 Å². The molecule has 88 heavy (non-hydrogen) atoms. The van der Waals surface area contributed by atoms with Crippen LogP contribution < -0.4 is 0 Å². The second kappa shape index (κ2) is 61.3. The number of unbranched alkanes of at least 4 members (excludes halogenated alkanes) is 38. The van der Waals surface area contributed by atoms with Gasteiger partial charge < -0.3 is 33.8 Å². The van der Waals surface area contributed by atoms with Crippen LogP contribution in [0.2, 0.25) is 0 Å². The minimum absolute atomic E-state index is 0.104. The summed E-state index contributed by atoms with van der Waals surface area (Å²) >= 11 is 0. The van der Waals surface area contributed by atoms with E-state index in [4.69, 9.17) is 37.0 Å². The molecule has 0 amide bonds. The number of phosphoric acid groups is 2. The van der Waals surface area contributed by atoms with E-state index >= 15 is 0 Å². The first-order valence-electron chi connectivity index (χ1n) is 36.0. The fraction of sp³-hybridized carbons (Fsp3) is 0.942. The fourth-order valence-corrected chi connectivity index (χ4v) is 12.0. The predicted molar refractivity (Wildman–Crippen MR) is 354 cm³/mol. The molecule has 0 radical (unpaired) electrons. The third kappa shape index (κ3) is 62.8. The molecule has 0 aliphatic rings. The summed E-state index contributed by atoms with van der Waals surface area (Å²) in [4.78, 5) is 72.3. The van der Waals surface area contributed by atoms with Gasteiger partial charge in [0.1, 0.15) is 19.3 Å². The van der Waals surface area contributed by atoms with Gasteiger partial charge in [0.2, 0.25) is 0 Å². The maximum atomic E-state index is 13.0. The first-order chi connectivity index (χ1) is 42.4. The number of phosphoric ester groups is 2. The lowest BCUT2D eigenvalue weighted by molar-refractivity contribution is -0.161. The second-order valence-corrected chi connectivity index (χ2v) is 28.8. The summed E-state index contributed by atoms with van der Waals surface area (Å²) in [5.74, 6) is -0.548. The first kappa shape index (κ1) is 86.1. The van der Waals surface area contributed by atoms with E-state index in [9.17, 15) is 43.2 Å². The zero-order valence-electron chi connectivity index (χ0n) is 57.0. The molecule has 0 heterocycles. The van der Waals surface area contributed by atoms with E-state index in [1.165, 1.54) is 148 Å². The highest BCUT2D eigenvalue weighted by Gasteiger charge is 2.30. The van der Waals surface area contributed by atoms with Gasteiger partial charge in [-0.1, -0.05) is 298 Å². The highest BCUT2D eigenvalue weighted by molar-refractivity contribution is 7.47. The van der Waals surface area contributed by atoms with Crippen molar-refractivity contribution in [2.24, 2.45) is 11.8 Å². The van der Waals surface area contributed by atoms with Crippen LogP contribution in [0.15, 0.2) is 0 Å². The van der Waals surface area contributed by atoms with Crippen LogP contribution in [0.1, 0.15) is 350 Å². The molecule has 0 bridgehead atoms. The lowest BCUT2D eigenvalue weighted by Gasteiger charge is -2.21. The Labute approximate surface area is 537 Å². The van der Waals surface area contributed by atoms with Gasteiger partial charge >= 0.3 is 39.5 Å². The Morgan fingerprint density at radius 2 is 0.523 bits per heavy atom. The molecule has 0 saturated heterocycles. The quantitative estimate of drug-likeness (QED) is 0.0222. The number of aliphatic hydroxyl groups excluding tert-OH is 1. The Morgan fingerprint density at radius 3 is 0.773 bits per heavy atom. The first-order valence-corrected chi connectivity index (χ1v) is 39.0. The number of hydrogen-bond donors (Lipinski definition) is 3. The van der Waals surface area contributed by atoms with Crippen LogP contribution in [0.5, 0.6) is 0 Å². The van der Waals surface area contributed by atoms with Gasteiger partial charge in [-0.3, -0.25) is 37.3 Å². The van der Waals surface area contributed by atoms with Crippen LogP contribution in [0.25, 0.3) is 0 Å². The summed E-state index contributed by atoms with van der Waals surface area (Å²) in [6, 6.07) is 0. The number of hydrogen-bond acceptors (Lipinski definition) is 15. The Bertz CT molecular complexity index is 1720. The normalized spacial score (nSPS) is 14.2. The van der Waals surface area contributed by atoms with Gasteiger partial charge in [0.05, 0.1) is 26.4 Å². The van der Waals surface area contributed by atoms with E-state index in [0.717, 1.165) is 121 Å². The van der Waals surface area contributed by atoms with Gasteiger partial charge in [0.15, 0.2) is 12.2 Å². The van der Waals surface area contributed by atoms with Gasteiger partial charge in [0, 0.05) is 25.7 Å². The zero-order valence-corrected chi connectivity index (χ0v) is 58.8. The van der Waals surface area contributed by atoms with Gasteiger partial charge in [-0.25, -0.2) is 9.13 Å². The lowest BCUT2D eigenvalue weighted by Crippen LogP contribution is -2.30. The number of carbonyl (C=O) groups excluding carboxylic acids is 4. The van der Waals surface area contributed by atoms with Gasteiger partial charge in [0.25, 0.3) is 0 Å². The van der Waals surface area contributed by atoms with Crippen molar-refractivity contribution in [1.82, 2.24) is 0 Å². The van der Waals surface area contributed by atoms with Crippen molar-refractivity contribution < 1.29 is 80.2 Å². The molecule has 0 aromatic rings. The summed E-state index contributed by atoms with van der Waals surface area (Å²) in [7, 11) is -9.89.